The minimum atomic E-state index is 0.689. The number of rotatable bonds is 6. The molecule has 1 atom stereocenters. The van der Waals surface area contributed by atoms with Crippen LogP contribution in [0.25, 0.3) is 0 Å². The molecule has 0 aromatic carbocycles. The van der Waals surface area contributed by atoms with E-state index in [1.165, 1.54) is 83.5 Å². The fourth-order valence-corrected chi connectivity index (χ4v) is 4.54. The van der Waals surface area contributed by atoms with Crippen molar-refractivity contribution in [2.45, 2.75) is 97.3 Å². The van der Waals surface area contributed by atoms with Crippen molar-refractivity contribution < 1.29 is 0 Å². The predicted molar refractivity (Wildman–Crippen MR) is 80.5 cm³/mol. The first-order valence-electron chi connectivity index (χ1n) is 8.61. The Kier molecular flexibility index (Phi) is 5.57. The third-order valence-corrected chi connectivity index (χ3v) is 5.67. The Hall–Kier alpha value is 0. The van der Waals surface area contributed by atoms with E-state index >= 15 is 0 Å². The Morgan fingerprint density at radius 2 is 1.78 bits per heavy atom. The van der Waals surface area contributed by atoms with Crippen molar-refractivity contribution in [1.29, 1.82) is 0 Å². The molecule has 2 aliphatic rings. The third-order valence-electron chi connectivity index (χ3n) is 5.67. The van der Waals surface area contributed by atoms with Gasteiger partial charge in [-0.25, -0.2) is 0 Å². The lowest BCUT2D eigenvalue weighted by molar-refractivity contribution is 0.129. The van der Waals surface area contributed by atoms with E-state index in [1.807, 2.05) is 5.92 Å². The summed E-state index contributed by atoms with van der Waals surface area (Å²) in [5.74, 6) is 2.97. The topological polar surface area (TPSA) is 0 Å². The van der Waals surface area contributed by atoms with Gasteiger partial charge in [-0.3, -0.25) is 0 Å². The Bertz CT molecular complexity index is 224. The highest BCUT2D eigenvalue weighted by molar-refractivity contribution is 5.07. The number of hydrogen-bond donors (Lipinski definition) is 0. The summed E-state index contributed by atoms with van der Waals surface area (Å²) in [4.78, 5) is 0. The summed E-state index contributed by atoms with van der Waals surface area (Å²) in [6, 6.07) is 0. The van der Waals surface area contributed by atoms with Gasteiger partial charge in [0.1, 0.15) is 0 Å². The van der Waals surface area contributed by atoms with Crippen LogP contribution in [0.2, 0.25) is 0 Å². The lowest BCUT2D eigenvalue weighted by Gasteiger charge is -2.42. The summed E-state index contributed by atoms with van der Waals surface area (Å²) in [5, 5.41) is 0. The Morgan fingerprint density at radius 1 is 1.00 bits per heavy atom. The zero-order valence-electron chi connectivity index (χ0n) is 12.8. The van der Waals surface area contributed by atoms with Gasteiger partial charge < -0.3 is 0 Å². The highest BCUT2D eigenvalue weighted by Crippen LogP contribution is 2.53. The Morgan fingerprint density at radius 3 is 2.50 bits per heavy atom. The summed E-state index contributed by atoms with van der Waals surface area (Å²) < 4.78 is 0. The average Bonchev–Trinajstić information content (AvgIpc) is 2.85. The minimum absolute atomic E-state index is 0.689. The molecule has 0 aliphatic heterocycles. The normalized spacial score (nSPS) is 28.7. The highest BCUT2D eigenvalue weighted by atomic mass is 14.5. The minimum Gasteiger partial charge on any atom is -0.0654 e. The van der Waals surface area contributed by atoms with Gasteiger partial charge in [0.2, 0.25) is 0 Å². The summed E-state index contributed by atoms with van der Waals surface area (Å²) in [5.41, 5.74) is 0.689. The molecule has 0 heterocycles. The smallest absolute Gasteiger partial charge is 0.0205 e. The second-order valence-corrected chi connectivity index (χ2v) is 7.13. The van der Waals surface area contributed by atoms with Crippen molar-refractivity contribution in [3.8, 4) is 0 Å². The first-order valence-corrected chi connectivity index (χ1v) is 8.61. The summed E-state index contributed by atoms with van der Waals surface area (Å²) >= 11 is 0. The van der Waals surface area contributed by atoms with Crippen molar-refractivity contribution in [3.63, 3.8) is 0 Å². The summed E-state index contributed by atoms with van der Waals surface area (Å²) in [6.45, 7) is 4.92. The Balaban J connectivity index is 1.82. The van der Waals surface area contributed by atoms with E-state index in [4.69, 9.17) is 0 Å². The van der Waals surface area contributed by atoms with Gasteiger partial charge in [-0.05, 0) is 49.4 Å². The van der Waals surface area contributed by atoms with Gasteiger partial charge in [-0.1, -0.05) is 65.2 Å². The molecular formula is C18H33. The molecule has 1 radical (unpaired) electrons. The van der Waals surface area contributed by atoms with Crippen molar-refractivity contribution in [3.05, 3.63) is 5.92 Å². The van der Waals surface area contributed by atoms with Crippen LogP contribution in [0, 0.1) is 17.3 Å². The van der Waals surface area contributed by atoms with Crippen LogP contribution in [0.15, 0.2) is 0 Å². The molecule has 0 heteroatoms. The van der Waals surface area contributed by atoms with E-state index in [0.717, 1.165) is 5.92 Å². The largest absolute Gasteiger partial charge is 0.0654 e. The number of unbranched alkanes of at least 4 members (excludes halogenated alkanes) is 3. The monoisotopic (exact) mass is 249 g/mol. The van der Waals surface area contributed by atoms with E-state index in [2.05, 4.69) is 13.8 Å². The van der Waals surface area contributed by atoms with Gasteiger partial charge in [-0.15, -0.1) is 0 Å². The van der Waals surface area contributed by atoms with E-state index in [9.17, 15) is 0 Å². The first kappa shape index (κ1) is 14.4. The molecule has 0 aromatic heterocycles. The zero-order valence-corrected chi connectivity index (χ0v) is 12.8. The molecule has 2 saturated carbocycles. The molecule has 0 nitrogen and oxygen atoms in total. The van der Waals surface area contributed by atoms with Crippen LogP contribution < -0.4 is 0 Å². The molecule has 0 saturated heterocycles. The van der Waals surface area contributed by atoms with Crippen LogP contribution in [-0.2, 0) is 0 Å². The fourth-order valence-electron chi connectivity index (χ4n) is 4.54. The molecule has 18 heavy (non-hydrogen) atoms. The molecular weight excluding hydrogens is 216 g/mol. The SMILES string of the molecule is CCCCCC[C]1CCCC1C1(C)CCCCC1. The average molecular weight is 249 g/mol. The van der Waals surface area contributed by atoms with Crippen molar-refractivity contribution >= 4 is 0 Å². The maximum Gasteiger partial charge on any atom is -0.0205 e. The van der Waals surface area contributed by atoms with Crippen LogP contribution in [-0.4, -0.2) is 0 Å². The van der Waals surface area contributed by atoms with Crippen LogP contribution >= 0.6 is 0 Å². The summed E-state index contributed by atoms with van der Waals surface area (Å²) in [7, 11) is 0. The molecule has 2 aliphatic carbocycles. The molecule has 2 rings (SSSR count). The lowest BCUT2D eigenvalue weighted by Crippen LogP contribution is -2.31. The van der Waals surface area contributed by atoms with Gasteiger partial charge in [0, 0.05) is 0 Å². The lowest BCUT2D eigenvalue weighted by atomic mass is 9.63. The van der Waals surface area contributed by atoms with Gasteiger partial charge in [0.05, 0.1) is 0 Å². The van der Waals surface area contributed by atoms with Gasteiger partial charge >= 0.3 is 0 Å². The van der Waals surface area contributed by atoms with Crippen molar-refractivity contribution in [2.24, 2.45) is 11.3 Å². The molecule has 105 valence electrons. The quantitative estimate of drug-likeness (QED) is 0.484. The maximum absolute atomic E-state index is 2.61. The Labute approximate surface area is 115 Å². The van der Waals surface area contributed by atoms with E-state index < -0.39 is 0 Å². The van der Waals surface area contributed by atoms with E-state index in [0.29, 0.717) is 5.41 Å². The first-order chi connectivity index (χ1) is 8.76. The fraction of sp³-hybridized carbons (Fsp3) is 0.944. The van der Waals surface area contributed by atoms with Gasteiger partial charge in [0.15, 0.2) is 0 Å². The summed E-state index contributed by atoms with van der Waals surface area (Å²) in [6.07, 6.45) is 19.2. The maximum atomic E-state index is 2.61. The van der Waals surface area contributed by atoms with Gasteiger partial charge in [-0.2, -0.15) is 0 Å². The van der Waals surface area contributed by atoms with Crippen LogP contribution in [0.3, 0.4) is 0 Å². The number of hydrogen-bond acceptors (Lipinski definition) is 0. The van der Waals surface area contributed by atoms with E-state index in [1.54, 1.807) is 0 Å². The van der Waals surface area contributed by atoms with Crippen molar-refractivity contribution in [1.82, 2.24) is 0 Å². The standard InChI is InChI=1S/C18H33/c1-3-4-5-7-11-16-12-10-13-17(16)18(2)14-8-6-9-15-18/h17H,3-15H2,1-2H3. The zero-order chi connectivity index (χ0) is 12.8. The molecule has 0 spiro atoms. The highest BCUT2D eigenvalue weighted by Gasteiger charge is 2.41. The third kappa shape index (κ3) is 3.52. The van der Waals surface area contributed by atoms with Crippen LogP contribution in [0.1, 0.15) is 97.3 Å². The second kappa shape index (κ2) is 6.96. The van der Waals surface area contributed by atoms with Crippen LogP contribution in [0.5, 0.6) is 0 Å². The van der Waals surface area contributed by atoms with Crippen molar-refractivity contribution in [2.75, 3.05) is 0 Å². The van der Waals surface area contributed by atoms with Crippen LogP contribution in [0.4, 0.5) is 0 Å². The van der Waals surface area contributed by atoms with Gasteiger partial charge in [0.25, 0.3) is 0 Å². The molecule has 0 amide bonds. The predicted octanol–water partition coefficient (Wildman–Crippen LogP) is 6.30. The van der Waals surface area contributed by atoms with E-state index in [-0.39, 0.29) is 0 Å². The molecule has 1 unspecified atom stereocenters. The molecule has 0 aromatic rings. The second-order valence-electron chi connectivity index (χ2n) is 7.13. The molecule has 0 bridgehead atoms. The molecule has 0 N–H and O–H groups in total. The molecule has 2 fully saturated rings.